The summed E-state index contributed by atoms with van der Waals surface area (Å²) in [6.45, 7) is 1.95. The highest BCUT2D eigenvalue weighted by Gasteiger charge is 2.13. The number of aromatic nitrogens is 1. The highest BCUT2D eigenvalue weighted by Crippen LogP contribution is 2.33. The van der Waals surface area contributed by atoms with Crippen LogP contribution in [0.4, 0.5) is 5.69 Å². The molecule has 0 fully saturated rings. The summed E-state index contributed by atoms with van der Waals surface area (Å²) < 4.78 is 16.5. The zero-order valence-electron chi connectivity index (χ0n) is 16.4. The molecule has 4 aromatic rings. The fraction of sp³-hybridized carbons (Fsp3) is 0.130. The van der Waals surface area contributed by atoms with Gasteiger partial charge in [0.2, 0.25) is 5.89 Å². The number of hydrogen-bond acceptors (Lipinski definition) is 5. The smallest absolute Gasteiger partial charge is 0.255 e. The lowest BCUT2D eigenvalue weighted by molar-refractivity contribution is 0.102. The molecular formula is C23H20N2O4. The predicted octanol–water partition coefficient (Wildman–Crippen LogP) is 5.07. The number of carbonyl (C=O) groups is 1. The van der Waals surface area contributed by atoms with Crippen LogP contribution >= 0.6 is 0 Å². The number of oxazole rings is 1. The summed E-state index contributed by atoms with van der Waals surface area (Å²) in [4.78, 5) is 17.0. The number of carbonyl (C=O) groups excluding carboxylic acids is 1. The van der Waals surface area contributed by atoms with E-state index in [1.807, 2.05) is 37.3 Å². The first-order valence-corrected chi connectivity index (χ1v) is 9.08. The van der Waals surface area contributed by atoms with Gasteiger partial charge < -0.3 is 19.2 Å². The Labute approximate surface area is 168 Å². The molecule has 1 heterocycles. The van der Waals surface area contributed by atoms with Crippen molar-refractivity contribution in [2.45, 2.75) is 6.92 Å². The van der Waals surface area contributed by atoms with Crippen LogP contribution in [0.5, 0.6) is 11.5 Å². The van der Waals surface area contributed by atoms with Crippen LogP contribution in [0, 0.1) is 6.92 Å². The van der Waals surface area contributed by atoms with Crippen LogP contribution in [0.2, 0.25) is 0 Å². The Morgan fingerprint density at radius 1 is 0.966 bits per heavy atom. The number of anilines is 1. The molecule has 1 aromatic heterocycles. The van der Waals surface area contributed by atoms with Crippen molar-refractivity contribution in [3.05, 3.63) is 71.8 Å². The third-order valence-corrected chi connectivity index (χ3v) is 4.56. The van der Waals surface area contributed by atoms with Gasteiger partial charge in [-0.2, -0.15) is 0 Å². The number of ether oxygens (including phenoxy) is 2. The molecule has 0 bridgehead atoms. The van der Waals surface area contributed by atoms with Crippen molar-refractivity contribution in [3.63, 3.8) is 0 Å². The van der Waals surface area contributed by atoms with E-state index < -0.39 is 0 Å². The van der Waals surface area contributed by atoms with Crippen molar-refractivity contribution >= 4 is 22.7 Å². The lowest BCUT2D eigenvalue weighted by Gasteiger charge is -2.07. The van der Waals surface area contributed by atoms with Crippen molar-refractivity contribution in [1.82, 2.24) is 4.98 Å². The second-order valence-corrected chi connectivity index (χ2v) is 6.59. The van der Waals surface area contributed by atoms with Crippen molar-refractivity contribution < 1.29 is 18.7 Å². The number of aryl methyl sites for hydroxylation is 1. The molecule has 1 N–H and O–H groups in total. The van der Waals surface area contributed by atoms with E-state index in [9.17, 15) is 4.79 Å². The first-order chi connectivity index (χ1) is 14.1. The van der Waals surface area contributed by atoms with Gasteiger partial charge in [-0.05, 0) is 55.5 Å². The van der Waals surface area contributed by atoms with E-state index in [1.54, 1.807) is 44.6 Å². The molecule has 0 saturated heterocycles. The molecule has 0 aliphatic rings. The average molecular weight is 388 g/mol. The summed E-state index contributed by atoms with van der Waals surface area (Å²) in [7, 11) is 3.17. The lowest BCUT2D eigenvalue weighted by Crippen LogP contribution is -2.11. The molecule has 0 atom stereocenters. The summed E-state index contributed by atoms with van der Waals surface area (Å²) in [6.07, 6.45) is 0. The van der Waals surface area contributed by atoms with E-state index in [0.29, 0.717) is 39.7 Å². The molecule has 0 aliphatic carbocycles. The summed E-state index contributed by atoms with van der Waals surface area (Å²) in [6, 6.07) is 18.3. The van der Waals surface area contributed by atoms with E-state index in [0.717, 1.165) is 11.1 Å². The average Bonchev–Trinajstić information content (AvgIpc) is 3.16. The van der Waals surface area contributed by atoms with Gasteiger partial charge in [-0.3, -0.25) is 4.79 Å². The maximum atomic E-state index is 12.5. The minimum absolute atomic E-state index is 0.170. The Kier molecular flexibility index (Phi) is 4.91. The third-order valence-electron chi connectivity index (χ3n) is 4.56. The summed E-state index contributed by atoms with van der Waals surface area (Å²) in [5.41, 5.74) is 4.33. The molecule has 3 aromatic carbocycles. The van der Waals surface area contributed by atoms with Crippen LogP contribution in [0.1, 0.15) is 15.9 Å². The van der Waals surface area contributed by atoms with Crippen molar-refractivity contribution in [2.75, 3.05) is 19.5 Å². The molecule has 4 rings (SSSR count). The van der Waals surface area contributed by atoms with Gasteiger partial charge in [0.25, 0.3) is 5.91 Å². The van der Waals surface area contributed by atoms with Crippen LogP contribution in [0.15, 0.2) is 65.1 Å². The highest BCUT2D eigenvalue weighted by atomic mass is 16.5. The molecule has 0 unspecified atom stereocenters. The number of rotatable bonds is 5. The normalized spacial score (nSPS) is 10.7. The zero-order valence-corrected chi connectivity index (χ0v) is 16.4. The molecule has 0 spiro atoms. The zero-order chi connectivity index (χ0) is 20.4. The summed E-state index contributed by atoms with van der Waals surface area (Å²) in [5, 5.41) is 2.90. The predicted molar refractivity (Wildman–Crippen MR) is 112 cm³/mol. The Morgan fingerprint density at radius 2 is 1.79 bits per heavy atom. The highest BCUT2D eigenvalue weighted by molar-refractivity contribution is 6.05. The maximum absolute atomic E-state index is 12.5. The van der Waals surface area contributed by atoms with Gasteiger partial charge in [0.15, 0.2) is 17.1 Å². The minimum Gasteiger partial charge on any atom is -0.493 e. The summed E-state index contributed by atoms with van der Waals surface area (Å²) >= 11 is 0. The standard InChI is InChI=1S/C23H20N2O4/c1-14-5-4-6-15(11-14)22(26)24-17-8-10-19-18(13-17)25-23(29-19)16-7-9-20(27-2)21(12-16)28-3/h4-13H,1-3H3,(H,24,26). The van der Waals surface area contributed by atoms with Gasteiger partial charge in [0.05, 0.1) is 14.2 Å². The number of methoxy groups -OCH3 is 2. The van der Waals surface area contributed by atoms with E-state index >= 15 is 0 Å². The molecule has 6 heteroatoms. The Morgan fingerprint density at radius 3 is 2.55 bits per heavy atom. The number of nitrogens with one attached hydrogen (secondary N) is 1. The van der Waals surface area contributed by atoms with Gasteiger partial charge >= 0.3 is 0 Å². The lowest BCUT2D eigenvalue weighted by atomic mass is 10.1. The van der Waals surface area contributed by atoms with Crippen LogP contribution in [0.25, 0.3) is 22.6 Å². The Hall–Kier alpha value is -3.80. The van der Waals surface area contributed by atoms with Gasteiger partial charge in [-0.1, -0.05) is 17.7 Å². The number of benzene rings is 3. The van der Waals surface area contributed by atoms with Crippen LogP contribution < -0.4 is 14.8 Å². The molecule has 0 aliphatic heterocycles. The number of fused-ring (bicyclic) bond motifs is 1. The summed E-state index contributed by atoms with van der Waals surface area (Å²) in [5.74, 6) is 1.52. The minimum atomic E-state index is -0.170. The van der Waals surface area contributed by atoms with E-state index in [-0.39, 0.29) is 5.91 Å². The molecule has 146 valence electrons. The third kappa shape index (κ3) is 3.78. The van der Waals surface area contributed by atoms with Gasteiger partial charge in [-0.25, -0.2) is 4.98 Å². The van der Waals surface area contributed by atoms with Crippen LogP contribution in [0.3, 0.4) is 0 Å². The monoisotopic (exact) mass is 388 g/mol. The van der Waals surface area contributed by atoms with Crippen molar-refractivity contribution in [3.8, 4) is 23.0 Å². The second kappa shape index (κ2) is 7.67. The molecule has 0 saturated carbocycles. The first-order valence-electron chi connectivity index (χ1n) is 9.08. The van der Waals surface area contributed by atoms with Crippen LogP contribution in [-0.4, -0.2) is 25.1 Å². The van der Waals surface area contributed by atoms with E-state index in [2.05, 4.69) is 10.3 Å². The van der Waals surface area contributed by atoms with Crippen molar-refractivity contribution in [2.24, 2.45) is 0 Å². The number of hydrogen-bond donors (Lipinski definition) is 1. The Bertz CT molecular complexity index is 1200. The Balaban J connectivity index is 1.62. The topological polar surface area (TPSA) is 73.6 Å². The van der Waals surface area contributed by atoms with Gasteiger partial charge in [0, 0.05) is 16.8 Å². The fourth-order valence-electron chi connectivity index (χ4n) is 3.09. The molecule has 1 amide bonds. The molecular weight excluding hydrogens is 368 g/mol. The maximum Gasteiger partial charge on any atom is 0.255 e. The van der Waals surface area contributed by atoms with Crippen molar-refractivity contribution in [1.29, 1.82) is 0 Å². The second-order valence-electron chi connectivity index (χ2n) is 6.59. The quantitative estimate of drug-likeness (QED) is 0.516. The van der Waals surface area contributed by atoms with E-state index in [1.165, 1.54) is 0 Å². The SMILES string of the molecule is COc1ccc(-c2nc3cc(NC(=O)c4cccc(C)c4)ccc3o2)cc1OC. The molecule has 29 heavy (non-hydrogen) atoms. The molecule has 0 radical (unpaired) electrons. The van der Waals surface area contributed by atoms with Gasteiger partial charge in [-0.15, -0.1) is 0 Å². The largest absolute Gasteiger partial charge is 0.493 e. The number of nitrogens with zero attached hydrogens (tertiary/aromatic N) is 1. The van der Waals surface area contributed by atoms with E-state index in [4.69, 9.17) is 13.9 Å². The first kappa shape index (κ1) is 18.6. The number of amides is 1. The van der Waals surface area contributed by atoms with Gasteiger partial charge in [0.1, 0.15) is 5.52 Å². The molecule has 6 nitrogen and oxygen atoms in total. The fourth-order valence-corrected chi connectivity index (χ4v) is 3.09. The van der Waals surface area contributed by atoms with Crippen LogP contribution in [-0.2, 0) is 0 Å².